The van der Waals surface area contributed by atoms with Gasteiger partial charge < -0.3 is 5.32 Å². The zero-order chi connectivity index (χ0) is 21.3. The van der Waals surface area contributed by atoms with Gasteiger partial charge in [-0.05, 0) is 48.9 Å². The standard InChI is InChI=1S/C23H24ClN3O3/c1-26-13-12-19(22(26)16-6-8-18(24)9-7-16)25-23(30)17-4-2-15(3-5-17)14-27-20(28)10-11-21(27)29/h2-9,19,22H,10-14H2,1H3,(H,25,30)/t19-,22-/m1/s1. The van der Waals surface area contributed by atoms with Gasteiger partial charge in [-0.3, -0.25) is 24.2 Å². The maximum atomic E-state index is 12.8. The van der Waals surface area contributed by atoms with Crippen LogP contribution >= 0.6 is 11.6 Å². The van der Waals surface area contributed by atoms with E-state index in [-0.39, 0.29) is 49.2 Å². The van der Waals surface area contributed by atoms with Crippen LogP contribution < -0.4 is 5.32 Å². The van der Waals surface area contributed by atoms with Crippen LogP contribution in [0, 0.1) is 0 Å². The normalized spacial score (nSPS) is 22.0. The number of amides is 3. The predicted molar refractivity (Wildman–Crippen MR) is 114 cm³/mol. The van der Waals surface area contributed by atoms with Crippen molar-refractivity contribution >= 4 is 29.3 Å². The monoisotopic (exact) mass is 425 g/mol. The summed E-state index contributed by atoms with van der Waals surface area (Å²) >= 11 is 6.01. The molecule has 1 N–H and O–H groups in total. The van der Waals surface area contributed by atoms with Gasteiger partial charge in [-0.1, -0.05) is 35.9 Å². The third-order valence-corrected chi connectivity index (χ3v) is 6.14. The van der Waals surface area contributed by atoms with Gasteiger partial charge in [0.15, 0.2) is 0 Å². The topological polar surface area (TPSA) is 69.7 Å². The van der Waals surface area contributed by atoms with E-state index in [4.69, 9.17) is 11.6 Å². The highest BCUT2D eigenvalue weighted by molar-refractivity contribution is 6.30. The first-order valence-corrected chi connectivity index (χ1v) is 10.5. The van der Waals surface area contributed by atoms with Crippen LogP contribution in [0.15, 0.2) is 48.5 Å². The number of imide groups is 1. The Balaban J connectivity index is 1.42. The molecule has 6 nitrogen and oxygen atoms in total. The smallest absolute Gasteiger partial charge is 0.251 e. The van der Waals surface area contributed by atoms with Gasteiger partial charge in [0, 0.05) is 30.0 Å². The van der Waals surface area contributed by atoms with Gasteiger partial charge in [-0.25, -0.2) is 0 Å². The molecular weight excluding hydrogens is 402 g/mol. The van der Waals surface area contributed by atoms with Crippen LogP contribution in [0.4, 0.5) is 0 Å². The number of rotatable bonds is 5. The van der Waals surface area contributed by atoms with Crippen LogP contribution in [0.25, 0.3) is 0 Å². The van der Waals surface area contributed by atoms with E-state index >= 15 is 0 Å². The molecule has 2 atom stereocenters. The number of carbonyl (C=O) groups is 3. The fraction of sp³-hybridized carbons (Fsp3) is 0.348. The second-order valence-corrected chi connectivity index (χ2v) is 8.35. The number of hydrogen-bond donors (Lipinski definition) is 1. The van der Waals surface area contributed by atoms with E-state index in [2.05, 4.69) is 17.3 Å². The summed E-state index contributed by atoms with van der Waals surface area (Å²) in [5, 5.41) is 3.86. The quantitative estimate of drug-likeness (QED) is 0.747. The summed E-state index contributed by atoms with van der Waals surface area (Å²) < 4.78 is 0. The highest BCUT2D eigenvalue weighted by atomic mass is 35.5. The van der Waals surface area contributed by atoms with Crippen molar-refractivity contribution in [2.45, 2.75) is 37.9 Å². The van der Waals surface area contributed by atoms with Crippen LogP contribution in [-0.4, -0.2) is 47.2 Å². The number of nitrogens with one attached hydrogen (secondary N) is 1. The first-order chi connectivity index (χ1) is 14.4. The molecule has 0 spiro atoms. The third-order valence-electron chi connectivity index (χ3n) is 5.89. The summed E-state index contributed by atoms with van der Waals surface area (Å²) in [6, 6.07) is 14.9. The SMILES string of the molecule is CN1CC[C@@H](NC(=O)c2ccc(CN3C(=O)CCC3=O)cc2)[C@H]1c1ccc(Cl)cc1. The van der Waals surface area contributed by atoms with Gasteiger partial charge in [-0.15, -0.1) is 0 Å². The van der Waals surface area contributed by atoms with Crippen LogP contribution in [0.2, 0.25) is 5.02 Å². The molecule has 0 saturated carbocycles. The Labute approximate surface area is 180 Å². The fourth-order valence-electron chi connectivity index (χ4n) is 4.24. The zero-order valence-corrected chi connectivity index (χ0v) is 17.6. The molecule has 2 aromatic rings. The van der Waals surface area contributed by atoms with Crippen LogP contribution in [-0.2, 0) is 16.1 Å². The molecular formula is C23H24ClN3O3. The Hall–Kier alpha value is -2.70. The minimum atomic E-state index is -0.139. The van der Waals surface area contributed by atoms with E-state index in [1.165, 1.54) is 4.90 Å². The molecule has 0 radical (unpaired) electrons. The maximum absolute atomic E-state index is 12.8. The number of nitrogens with zero attached hydrogens (tertiary/aromatic N) is 2. The molecule has 2 aliphatic rings. The lowest BCUT2D eigenvalue weighted by Crippen LogP contribution is -2.39. The lowest BCUT2D eigenvalue weighted by atomic mass is 9.99. The average Bonchev–Trinajstić information content (AvgIpc) is 3.25. The van der Waals surface area contributed by atoms with Gasteiger partial charge >= 0.3 is 0 Å². The zero-order valence-electron chi connectivity index (χ0n) is 16.8. The van der Waals surface area contributed by atoms with Crippen molar-refractivity contribution in [1.82, 2.24) is 15.1 Å². The molecule has 0 aliphatic carbocycles. The number of likely N-dealkylation sites (N-methyl/N-ethyl adjacent to an activating group) is 1. The minimum absolute atomic E-state index is 0.00296. The molecule has 156 valence electrons. The minimum Gasteiger partial charge on any atom is -0.347 e. The second-order valence-electron chi connectivity index (χ2n) is 7.92. The van der Waals surface area contributed by atoms with Gasteiger partial charge in [-0.2, -0.15) is 0 Å². The Bertz CT molecular complexity index is 943. The number of carbonyl (C=O) groups excluding carboxylic acids is 3. The molecule has 3 amide bonds. The lowest BCUT2D eigenvalue weighted by Gasteiger charge is -2.26. The Kier molecular flexibility index (Phi) is 5.88. The average molecular weight is 426 g/mol. The highest BCUT2D eigenvalue weighted by Crippen LogP contribution is 2.31. The Morgan fingerprint density at radius 3 is 2.30 bits per heavy atom. The fourth-order valence-corrected chi connectivity index (χ4v) is 4.37. The summed E-state index contributed by atoms with van der Waals surface area (Å²) in [5.74, 6) is -0.407. The summed E-state index contributed by atoms with van der Waals surface area (Å²) in [5.41, 5.74) is 2.51. The Morgan fingerprint density at radius 1 is 1.03 bits per heavy atom. The number of benzene rings is 2. The van der Waals surface area contributed by atoms with Crippen molar-refractivity contribution < 1.29 is 14.4 Å². The van der Waals surface area contributed by atoms with Crippen LogP contribution in [0.1, 0.15) is 46.8 Å². The molecule has 30 heavy (non-hydrogen) atoms. The van der Waals surface area contributed by atoms with E-state index in [1.807, 2.05) is 24.3 Å². The number of hydrogen-bond acceptors (Lipinski definition) is 4. The highest BCUT2D eigenvalue weighted by Gasteiger charge is 2.34. The van der Waals surface area contributed by atoms with Gasteiger partial charge in [0.1, 0.15) is 0 Å². The predicted octanol–water partition coefficient (Wildman–Crippen LogP) is 3.16. The van der Waals surface area contributed by atoms with E-state index in [9.17, 15) is 14.4 Å². The summed E-state index contributed by atoms with van der Waals surface area (Å²) in [6.07, 6.45) is 1.43. The van der Waals surface area contributed by atoms with E-state index in [0.29, 0.717) is 10.6 Å². The Morgan fingerprint density at radius 2 is 1.67 bits per heavy atom. The van der Waals surface area contributed by atoms with Gasteiger partial charge in [0.2, 0.25) is 11.8 Å². The number of halogens is 1. The molecule has 7 heteroatoms. The summed E-state index contributed by atoms with van der Waals surface area (Å²) in [7, 11) is 2.06. The van der Waals surface area contributed by atoms with Crippen molar-refractivity contribution in [3.8, 4) is 0 Å². The van der Waals surface area contributed by atoms with Crippen LogP contribution in [0.5, 0.6) is 0 Å². The van der Waals surface area contributed by atoms with Crippen molar-refractivity contribution in [1.29, 1.82) is 0 Å². The molecule has 0 aromatic heterocycles. The van der Waals surface area contributed by atoms with E-state index in [0.717, 1.165) is 24.1 Å². The first-order valence-electron chi connectivity index (χ1n) is 10.1. The molecule has 4 rings (SSSR count). The maximum Gasteiger partial charge on any atom is 0.251 e. The van der Waals surface area contributed by atoms with Crippen molar-refractivity contribution in [2.75, 3.05) is 13.6 Å². The molecule has 2 heterocycles. The van der Waals surface area contributed by atoms with Gasteiger partial charge in [0.25, 0.3) is 5.91 Å². The van der Waals surface area contributed by atoms with Gasteiger partial charge in [0.05, 0.1) is 18.6 Å². The van der Waals surface area contributed by atoms with E-state index in [1.54, 1.807) is 24.3 Å². The molecule has 2 fully saturated rings. The lowest BCUT2D eigenvalue weighted by molar-refractivity contribution is -0.139. The van der Waals surface area contributed by atoms with Crippen molar-refractivity contribution in [2.24, 2.45) is 0 Å². The van der Waals surface area contributed by atoms with E-state index < -0.39 is 0 Å². The largest absolute Gasteiger partial charge is 0.347 e. The molecule has 2 aromatic carbocycles. The number of likely N-dealkylation sites (tertiary alicyclic amines) is 2. The molecule has 2 aliphatic heterocycles. The second kappa shape index (κ2) is 8.58. The summed E-state index contributed by atoms with van der Waals surface area (Å²) in [4.78, 5) is 39.9. The summed E-state index contributed by atoms with van der Waals surface area (Å²) in [6.45, 7) is 1.15. The molecule has 0 unspecified atom stereocenters. The van der Waals surface area contributed by atoms with Crippen molar-refractivity contribution in [3.63, 3.8) is 0 Å². The molecule has 0 bridgehead atoms. The van der Waals surface area contributed by atoms with Crippen molar-refractivity contribution in [3.05, 3.63) is 70.2 Å². The third kappa shape index (κ3) is 4.25. The van der Waals surface area contributed by atoms with Crippen LogP contribution in [0.3, 0.4) is 0 Å². The molecule has 2 saturated heterocycles. The first kappa shape index (κ1) is 20.6.